The molecule has 1 aromatic rings. The van der Waals surface area contributed by atoms with Gasteiger partial charge < -0.3 is 10.2 Å². The molecule has 100 valence electrons. The number of hydrogen-bond donors (Lipinski definition) is 1. The molecule has 0 radical (unpaired) electrons. The van der Waals surface area contributed by atoms with E-state index in [1.54, 1.807) is 31.1 Å². The van der Waals surface area contributed by atoms with Crippen LogP contribution in [0.5, 0.6) is 0 Å². The van der Waals surface area contributed by atoms with Crippen LogP contribution in [-0.4, -0.2) is 35.4 Å². The minimum Gasteiger partial charge on any atom is -0.367 e. The normalized spacial score (nSPS) is 15.4. The molecule has 1 saturated carbocycles. The summed E-state index contributed by atoms with van der Waals surface area (Å²) in [5, 5.41) is 12.0. The first-order valence-corrected chi connectivity index (χ1v) is 6.48. The van der Waals surface area contributed by atoms with Gasteiger partial charge in [-0.1, -0.05) is 0 Å². The van der Waals surface area contributed by atoms with Gasteiger partial charge in [-0.25, -0.2) is 4.98 Å². The van der Waals surface area contributed by atoms with Crippen molar-refractivity contribution >= 4 is 11.7 Å². The van der Waals surface area contributed by atoms with Crippen LogP contribution in [0.4, 0.5) is 5.82 Å². The fourth-order valence-corrected chi connectivity index (χ4v) is 1.80. The smallest absolute Gasteiger partial charge is 0.255 e. The van der Waals surface area contributed by atoms with Crippen molar-refractivity contribution in [3.05, 3.63) is 23.9 Å². The third kappa shape index (κ3) is 3.68. The monoisotopic (exact) mass is 258 g/mol. The van der Waals surface area contributed by atoms with Crippen LogP contribution in [0.25, 0.3) is 0 Å². The van der Waals surface area contributed by atoms with Crippen LogP contribution in [-0.2, 0) is 0 Å². The average molecular weight is 258 g/mol. The van der Waals surface area contributed by atoms with Crippen molar-refractivity contribution in [2.24, 2.45) is 5.92 Å². The molecule has 1 aliphatic carbocycles. The third-order valence-corrected chi connectivity index (χ3v) is 3.05. The Balaban J connectivity index is 1.96. The maximum absolute atomic E-state index is 12.1. The van der Waals surface area contributed by atoms with Crippen LogP contribution in [0.3, 0.4) is 0 Å². The lowest BCUT2D eigenvalue weighted by atomic mass is 10.2. The molecule has 0 aromatic carbocycles. The minimum absolute atomic E-state index is 0.104. The Bertz CT molecular complexity index is 487. The Morgan fingerprint density at radius 3 is 2.89 bits per heavy atom. The van der Waals surface area contributed by atoms with Gasteiger partial charge in [-0.05, 0) is 31.9 Å². The first-order chi connectivity index (χ1) is 9.10. The van der Waals surface area contributed by atoms with Crippen molar-refractivity contribution in [3.63, 3.8) is 0 Å². The highest BCUT2D eigenvalue weighted by atomic mass is 16.2. The number of carbonyl (C=O) groups excluding carboxylic acids is 1. The maximum atomic E-state index is 12.1. The van der Waals surface area contributed by atoms with E-state index in [2.05, 4.69) is 16.4 Å². The first-order valence-electron chi connectivity index (χ1n) is 6.48. The van der Waals surface area contributed by atoms with E-state index in [4.69, 9.17) is 5.26 Å². The number of nitriles is 1. The molecule has 1 aromatic heterocycles. The summed E-state index contributed by atoms with van der Waals surface area (Å²) in [6, 6.07) is 6.27. The van der Waals surface area contributed by atoms with E-state index in [9.17, 15) is 4.79 Å². The average Bonchev–Trinajstić information content (AvgIpc) is 3.22. The lowest BCUT2D eigenvalue weighted by Gasteiger charge is -2.18. The molecule has 2 rings (SSSR count). The van der Waals surface area contributed by atoms with E-state index in [0.717, 1.165) is 5.82 Å². The molecule has 0 saturated heterocycles. The number of hydrogen-bond acceptors (Lipinski definition) is 4. The molecule has 0 spiro atoms. The second kappa shape index (κ2) is 5.70. The third-order valence-electron chi connectivity index (χ3n) is 3.05. The molecule has 5 nitrogen and oxygen atoms in total. The van der Waals surface area contributed by atoms with Gasteiger partial charge in [-0.2, -0.15) is 5.26 Å². The van der Waals surface area contributed by atoms with E-state index in [0.29, 0.717) is 18.2 Å². The Morgan fingerprint density at radius 1 is 1.63 bits per heavy atom. The molecule has 1 heterocycles. The van der Waals surface area contributed by atoms with Gasteiger partial charge in [0.15, 0.2) is 0 Å². The van der Waals surface area contributed by atoms with Crippen LogP contribution in [0, 0.1) is 17.2 Å². The standard InChI is InChI=1S/C14H18N4O/c1-10(7-15)9-18(2)14(19)11-3-6-13(16-8-11)17-12-4-5-12/h3,6,8,10,12H,4-5,9H2,1-2H3,(H,16,17)/t10-/m1/s1. The number of rotatable bonds is 5. The van der Waals surface area contributed by atoms with Crippen molar-refractivity contribution in [2.45, 2.75) is 25.8 Å². The van der Waals surface area contributed by atoms with Crippen LogP contribution in [0.2, 0.25) is 0 Å². The summed E-state index contributed by atoms with van der Waals surface area (Å²) in [7, 11) is 1.70. The van der Waals surface area contributed by atoms with Crippen molar-refractivity contribution < 1.29 is 4.79 Å². The van der Waals surface area contributed by atoms with Crippen molar-refractivity contribution in [1.29, 1.82) is 5.26 Å². The topological polar surface area (TPSA) is 69.0 Å². The molecule has 19 heavy (non-hydrogen) atoms. The Labute approximate surface area is 113 Å². The Morgan fingerprint density at radius 2 is 2.37 bits per heavy atom. The van der Waals surface area contributed by atoms with Gasteiger partial charge in [0.25, 0.3) is 5.91 Å². The summed E-state index contributed by atoms with van der Waals surface area (Å²) in [6.45, 7) is 2.22. The highest BCUT2D eigenvalue weighted by Crippen LogP contribution is 2.23. The molecule has 0 unspecified atom stereocenters. The molecule has 1 N–H and O–H groups in total. The van der Waals surface area contributed by atoms with Crippen LogP contribution < -0.4 is 5.32 Å². The quantitative estimate of drug-likeness (QED) is 0.875. The highest BCUT2D eigenvalue weighted by molar-refractivity contribution is 5.93. The number of carbonyl (C=O) groups is 1. The zero-order chi connectivity index (χ0) is 13.8. The summed E-state index contributed by atoms with van der Waals surface area (Å²) in [5.41, 5.74) is 0.550. The predicted octanol–water partition coefficient (Wildman–Crippen LogP) is 1.89. The maximum Gasteiger partial charge on any atom is 0.255 e. The molecule has 5 heteroatoms. The van der Waals surface area contributed by atoms with Gasteiger partial charge in [-0.3, -0.25) is 4.79 Å². The van der Waals surface area contributed by atoms with E-state index in [1.165, 1.54) is 12.8 Å². The fraction of sp³-hybridized carbons (Fsp3) is 0.500. The zero-order valence-corrected chi connectivity index (χ0v) is 11.3. The van der Waals surface area contributed by atoms with Gasteiger partial charge in [0.2, 0.25) is 0 Å². The Kier molecular flexibility index (Phi) is 4.00. The number of amides is 1. The van der Waals surface area contributed by atoms with E-state index in [-0.39, 0.29) is 11.8 Å². The summed E-state index contributed by atoms with van der Waals surface area (Å²) >= 11 is 0. The number of aromatic nitrogens is 1. The van der Waals surface area contributed by atoms with Gasteiger partial charge in [-0.15, -0.1) is 0 Å². The molecule has 1 amide bonds. The molecule has 1 fully saturated rings. The summed E-state index contributed by atoms with van der Waals surface area (Å²) in [6.07, 6.45) is 3.97. The van der Waals surface area contributed by atoms with Crippen molar-refractivity contribution in [3.8, 4) is 6.07 Å². The number of pyridine rings is 1. The molecule has 0 bridgehead atoms. The fourth-order valence-electron chi connectivity index (χ4n) is 1.80. The molecular formula is C14H18N4O. The minimum atomic E-state index is -0.169. The van der Waals surface area contributed by atoms with Gasteiger partial charge in [0.1, 0.15) is 5.82 Å². The largest absolute Gasteiger partial charge is 0.367 e. The lowest BCUT2D eigenvalue weighted by Crippen LogP contribution is -2.30. The van der Waals surface area contributed by atoms with Crippen molar-refractivity contribution in [1.82, 2.24) is 9.88 Å². The van der Waals surface area contributed by atoms with Crippen LogP contribution in [0.1, 0.15) is 30.1 Å². The summed E-state index contributed by atoms with van der Waals surface area (Å²) < 4.78 is 0. The lowest BCUT2D eigenvalue weighted by molar-refractivity contribution is 0.0784. The number of nitrogens with one attached hydrogen (secondary N) is 1. The number of anilines is 1. The second-order valence-corrected chi connectivity index (χ2v) is 5.07. The van der Waals surface area contributed by atoms with Gasteiger partial charge in [0, 0.05) is 25.8 Å². The number of nitrogens with zero attached hydrogens (tertiary/aromatic N) is 3. The predicted molar refractivity (Wildman–Crippen MR) is 72.6 cm³/mol. The van der Waals surface area contributed by atoms with Gasteiger partial charge in [0.05, 0.1) is 17.6 Å². The molecular weight excluding hydrogens is 240 g/mol. The SMILES string of the molecule is C[C@H](C#N)CN(C)C(=O)c1ccc(NC2CC2)nc1. The summed E-state index contributed by atoms with van der Waals surface area (Å²) in [5.74, 6) is 0.539. The van der Waals surface area contributed by atoms with E-state index < -0.39 is 0 Å². The van der Waals surface area contributed by atoms with Crippen molar-refractivity contribution in [2.75, 3.05) is 18.9 Å². The molecule has 0 aliphatic heterocycles. The van der Waals surface area contributed by atoms with Crippen LogP contribution >= 0.6 is 0 Å². The van der Waals surface area contributed by atoms with E-state index >= 15 is 0 Å². The molecule has 1 aliphatic rings. The van der Waals surface area contributed by atoms with Gasteiger partial charge >= 0.3 is 0 Å². The summed E-state index contributed by atoms with van der Waals surface area (Å²) in [4.78, 5) is 17.9. The van der Waals surface area contributed by atoms with Crippen LogP contribution in [0.15, 0.2) is 18.3 Å². The molecule has 1 atom stereocenters. The Hall–Kier alpha value is -2.09. The zero-order valence-electron chi connectivity index (χ0n) is 11.3. The highest BCUT2D eigenvalue weighted by Gasteiger charge is 2.21. The first kappa shape index (κ1) is 13.3. The van der Waals surface area contributed by atoms with E-state index in [1.807, 2.05) is 6.07 Å². The second-order valence-electron chi connectivity index (χ2n) is 5.07.